The summed E-state index contributed by atoms with van der Waals surface area (Å²) in [7, 11) is 1.51. The highest BCUT2D eigenvalue weighted by molar-refractivity contribution is 5.91. The van der Waals surface area contributed by atoms with E-state index in [1.54, 1.807) is 41.3 Å². The fraction of sp³-hybridized carbons (Fsp3) is 0.300. The molecule has 0 unspecified atom stereocenters. The van der Waals surface area contributed by atoms with Gasteiger partial charge in [-0.05, 0) is 42.5 Å². The van der Waals surface area contributed by atoms with Gasteiger partial charge in [-0.15, -0.1) is 0 Å². The molecule has 2 aromatic rings. The van der Waals surface area contributed by atoms with E-state index in [0.29, 0.717) is 37.5 Å². The minimum absolute atomic E-state index is 0.231. The van der Waals surface area contributed by atoms with Crippen molar-refractivity contribution >= 4 is 17.6 Å². The van der Waals surface area contributed by atoms with Gasteiger partial charge in [-0.25, -0.2) is 9.18 Å². The summed E-state index contributed by atoms with van der Waals surface area (Å²) in [6, 6.07) is 12.9. The van der Waals surface area contributed by atoms with Gasteiger partial charge < -0.3 is 19.3 Å². The van der Waals surface area contributed by atoms with E-state index in [9.17, 15) is 14.0 Å². The van der Waals surface area contributed by atoms with E-state index in [1.807, 2.05) is 0 Å². The Labute approximate surface area is 157 Å². The summed E-state index contributed by atoms with van der Waals surface area (Å²) in [5.74, 6) is -0.518. The second kappa shape index (κ2) is 8.53. The fourth-order valence-electron chi connectivity index (χ4n) is 2.92. The lowest BCUT2D eigenvalue weighted by atomic mass is 10.2. The molecule has 3 rings (SSSR count). The van der Waals surface area contributed by atoms with Crippen LogP contribution in [0.5, 0.6) is 5.75 Å². The fourth-order valence-corrected chi connectivity index (χ4v) is 2.92. The van der Waals surface area contributed by atoms with Gasteiger partial charge in [0, 0.05) is 31.9 Å². The lowest BCUT2D eigenvalue weighted by Gasteiger charge is -2.36. The second-order valence-electron chi connectivity index (χ2n) is 6.15. The molecular formula is C20H21FN2O4. The van der Waals surface area contributed by atoms with E-state index in [2.05, 4.69) is 4.90 Å². The predicted molar refractivity (Wildman–Crippen MR) is 98.5 cm³/mol. The standard InChI is InChI=1S/C20H21FN2O4/c1-26-18-4-2-3-15(13-18)20(25)27-14-19(24)23-11-9-22(10-12-23)17-7-5-16(21)6-8-17/h2-8,13H,9-12,14H2,1H3. The Morgan fingerprint density at radius 2 is 1.74 bits per heavy atom. The minimum Gasteiger partial charge on any atom is -0.497 e. The first-order chi connectivity index (χ1) is 13.1. The maximum atomic E-state index is 13.0. The molecule has 1 fully saturated rings. The van der Waals surface area contributed by atoms with Gasteiger partial charge in [-0.3, -0.25) is 4.79 Å². The highest BCUT2D eigenvalue weighted by Crippen LogP contribution is 2.17. The Balaban J connectivity index is 1.48. The third kappa shape index (κ3) is 4.75. The highest BCUT2D eigenvalue weighted by atomic mass is 19.1. The Morgan fingerprint density at radius 1 is 1.04 bits per heavy atom. The zero-order valence-corrected chi connectivity index (χ0v) is 15.1. The number of esters is 1. The van der Waals surface area contributed by atoms with Gasteiger partial charge in [0.1, 0.15) is 11.6 Å². The quantitative estimate of drug-likeness (QED) is 0.754. The number of rotatable bonds is 5. The van der Waals surface area contributed by atoms with Gasteiger partial charge >= 0.3 is 5.97 Å². The summed E-state index contributed by atoms with van der Waals surface area (Å²) >= 11 is 0. The average molecular weight is 372 g/mol. The molecule has 1 aliphatic heterocycles. The number of carbonyl (C=O) groups is 2. The number of hydrogen-bond donors (Lipinski definition) is 0. The van der Waals surface area contributed by atoms with Crippen LogP contribution in [0.2, 0.25) is 0 Å². The van der Waals surface area contributed by atoms with Gasteiger partial charge in [0.25, 0.3) is 5.91 Å². The van der Waals surface area contributed by atoms with Crippen LogP contribution in [0.25, 0.3) is 0 Å². The summed E-state index contributed by atoms with van der Waals surface area (Å²) in [5.41, 5.74) is 1.26. The molecule has 0 aliphatic carbocycles. The molecule has 0 radical (unpaired) electrons. The predicted octanol–water partition coefficient (Wildman–Crippen LogP) is 2.34. The zero-order valence-electron chi connectivity index (χ0n) is 15.1. The maximum absolute atomic E-state index is 13.0. The van der Waals surface area contributed by atoms with Crippen molar-refractivity contribution in [3.63, 3.8) is 0 Å². The van der Waals surface area contributed by atoms with Crippen LogP contribution in [-0.2, 0) is 9.53 Å². The van der Waals surface area contributed by atoms with Crippen molar-refractivity contribution in [2.75, 3.05) is 44.8 Å². The average Bonchev–Trinajstić information content (AvgIpc) is 2.72. The molecule has 0 aromatic heterocycles. The number of piperazine rings is 1. The number of anilines is 1. The largest absolute Gasteiger partial charge is 0.497 e. The van der Waals surface area contributed by atoms with Crippen molar-refractivity contribution in [1.29, 1.82) is 0 Å². The molecule has 142 valence electrons. The summed E-state index contributed by atoms with van der Waals surface area (Å²) in [6.07, 6.45) is 0. The van der Waals surface area contributed by atoms with Crippen LogP contribution in [0.3, 0.4) is 0 Å². The lowest BCUT2D eigenvalue weighted by Crippen LogP contribution is -2.49. The van der Waals surface area contributed by atoms with Gasteiger partial charge in [0.2, 0.25) is 0 Å². The molecule has 1 saturated heterocycles. The molecule has 2 aromatic carbocycles. The van der Waals surface area contributed by atoms with Crippen molar-refractivity contribution in [3.8, 4) is 5.75 Å². The Bertz CT molecular complexity index is 802. The maximum Gasteiger partial charge on any atom is 0.338 e. The molecule has 7 heteroatoms. The van der Waals surface area contributed by atoms with Gasteiger partial charge in [-0.2, -0.15) is 0 Å². The van der Waals surface area contributed by atoms with E-state index in [-0.39, 0.29) is 18.3 Å². The number of methoxy groups -OCH3 is 1. The highest BCUT2D eigenvalue weighted by Gasteiger charge is 2.22. The third-order valence-electron chi connectivity index (χ3n) is 4.46. The Hall–Kier alpha value is -3.09. The van der Waals surface area contributed by atoms with Crippen LogP contribution in [0.4, 0.5) is 10.1 Å². The molecule has 6 nitrogen and oxygen atoms in total. The number of halogens is 1. The number of amides is 1. The molecule has 0 N–H and O–H groups in total. The van der Waals surface area contributed by atoms with Crippen molar-refractivity contribution in [1.82, 2.24) is 4.90 Å². The Kier molecular flexibility index (Phi) is 5.90. The van der Waals surface area contributed by atoms with Gasteiger partial charge in [0.05, 0.1) is 12.7 Å². The molecule has 0 atom stereocenters. The third-order valence-corrected chi connectivity index (χ3v) is 4.46. The molecule has 0 bridgehead atoms. The molecule has 27 heavy (non-hydrogen) atoms. The minimum atomic E-state index is -0.563. The zero-order chi connectivity index (χ0) is 19.2. The molecule has 1 heterocycles. The van der Waals surface area contributed by atoms with Crippen molar-refractivity contribution in [3.05, 3.63) is 59.9 Å². The van der Waals surface area contributed by atoms with Crippen LogP contribution < -0.4 is 9.64 Å². The number of hydrogen-bond acceptors (Lipinski definition) is 5. The molecule has 0 saturated carbocycles. The monoisotopic (exact) mass is 372 g/mol. The first-order valence-electron chi connectivity index (χ1n) is 8.66. The molecule has 1 aliphatic rings. The van der Waals surface area contributed by atoms with Crippen molar-refractivity contribution in [2.45, 2.75) is 0 Å². The summed E-state index contributed by atoms with van der Waals surface area (Å²) < 4.78 is 23.2. The normalized spacial score (nSPS) is 14.0. The van der Waals surface area contributed by atoms with Crippen LogP contribution in [0, 0.1) is 5.82 Å². The number of benzene rings is 2. The molecular weight excluding hydrogens is 351 g/mol. The van der Waals surface area contributed by atoms with E-state index >= 15 is 0 Å². The number of carbonyl (C=O) groups excluding carboxylic acids is 2. The summed E-state index contributed by atoms with van der Waals surface area (Å²) in [6.45, 7) is 2.02. The SMILES string of the molecule is COc1cccc(C(=O)OCC(=O)N2CCN(c3ccc(F)cc3)CC2)c1. The first kappa shape index (κ1) is 18.7. The van der Waals surface area contributed by atoms with Crippen molar-refractivity contribution in [2.24, 2.45) is 0 Å². The van der Waals surface area contributed by atoms with Crippen LogP contribution >= 0.6 is 0 Å². The van der Waals surface area contributed by atoms with E-state index in [4.69, 9.17) is 9.47 Å². The topological polar surface area (TPSA) is 59.1 Å². The molecule has 1 amide bonds. The first-order valence-corrected chi connectivity index (χ1v) is 8.66. The van der Waals surface area contributed by atoms with E-state index in [0.717, 1.165) is 5.69 Å². The number of nitrogens with zero attached hydrogens (tertiary/aromatic N) is 2. The van der Waals surface area contributed by atoms with Gasteiger partial charge in [-0.1, -0.05) is 6.07 Å². The van der Waals surface area contributed by atoms with Gasteiger partial charge in [0.15, 0.2) is 6.61 Å². The van der Waals surface area contributed by atoms with Crippen LogP contribution in [0.15, 0.2) is 48.5 Å². The second-order valence-corrected chi connectivity index (χ2v) is 6.15. The Morgan fingerprint density at radius 3 is 2.41 bits per heavy atom. The van der Waals surface area contributed by atoms with Crippen molar-refractivity contribution < 1.29 is 23.5 Å². The van der Waals surface area contributed by atoms with E-state index in [1.165, 1.54) is 19.2 Å². The summed E-state index contributed by atoms with van der Waals surface area (Å²) in [5, 5.41) is 0. The van der Waals surface area contributed by atoms with Crippen LogP contribution in [-0.4, -0.2) is 56.7 Å². The van der Waals surface area contributed by atoms with E-state index < -0.39 is 5.97 Å². The van der Waals surface area contributed by atoms with Crippen LogP contribution in [0.1, 0.15) is 10.4 Å². The smallest absolute Gasteiger partial charge is 0.338 e. The number of ether oxygens (including phenoxy) is 2. The molecule has 0 spiro atoms. The summed E-state index contributed by atoms with van der Waals surface area (Å²) in [4.78, 5) is 28.1. The lowest BCUT2D eigenvalue weighted by molar-refractivity contribution is -0.134.